The summed E-state index contributed by atoms with van der Waals surface area (Å²) in [5.41, 5.74) is 0.894. The first-order valence-corrected chi connectivity index (χ1v) is 9.00. The number of ether oxygens (including phenoxy) is 1. The second-order valence-electron chi connectivity index (χ2n) is 6.38. The molecule has 1 aliphatic rings. The van der Waals surface area contributed by atoms with Gasteiger partial charge in [-0.3, -0.25) is 0 Å². The highest BCUT2D eigenvalue weighted by molar-refractivity contribution is 7.09. The minimum atomic E-state index is -0.320. The van der Waals surface area contributed by atoms with Gasteiger partial charge in [-0.05, 0) is 18.1 Å². The van der Waals surface area contributed by atoms with Gasteiger partial charge >= 0.3 is 0 Å². The summed E-state index contributed by atoms with van der Waals surface area (Å²) in [5, 5.41) is 0.992. The number of hydrogen-bond acceptors (Lipinski definition) is 6. The van der Waals surface area contributed by atoms with Crippen LogP contribution < -0.4 is 14.5 Å². The maximum absolute atomic E-state index is 13.9. The molecule has 0 N–H and O–H groups in total. The Labute approximate surface area is 146 Å². The van der Waals surface area contributed by atoms with Crippen LogP contribution in [0.3, 0.4) is 0 Å². The average Bonchev–Trinajstić information content (AvgIpc) is 3.02. The first-order valence-electron chi connectivity index (χ1n) is 8.23. The maximum Gasteiger partial charge on any atom is 0.205 e. The van der Waals surface area contributed by atoms with Gasteiger partial charge in [0.25, 0.3) is 0 Å². The van der Waals surface area contributed by atoms with E-state index in [1.807, 2.05) is 6.07 Å². The maximum atomic E-state index is 13.9. The highest BCUT2D eigenvalue weighted by Gasteiger charge is 2.21. The molecule has 0 radical (unpaired) electrons. The van der Waals surface area contributed by atoms with Crippen molar-refractivity contribution in [2.24, 2.45) is 5.92 Å². The standard InChI is InChI=1S/C17H23FN4OS/c1-12(2)10-16-19-17(24-20-16)22-8-6-21(7-9-22)13-4-5-15(23-3)14(18)11-13/h4-5,11-12H,6-10H2,1-3H3. The number of anilines is 2. The van der Waals surface area contributed by atoms with Gasteiger partial charge in [-0.25, -0.2) is 9.37 Å². The summed E-state index contributed by atoms with van der Waals surface area (Å²) in [6.45, 7) is 7.75. The summed E-state index contributed by atoms with van der Waals surface area (Å²) in [6, 6.07) is 5.13. The molecule has 1 aliphatic heterocycles. The van der Waals surface area contributed by atoms with Crippen LogP contribution in [0.1, 0.15) is 19.7 Å². The van der Waals surface area contributed by atoms with Crippen molar-refractivity contribution in [3.63, 3.8) is 0 Å². The summed E-state index contributed by atoms with van der Waals surface area (Å²) in [6.07, 6.45) is 0.918. The zero-order valence-electron chi connectivity index (χ0n) is 14.3. The van der Waals surface area contributed by atoms with Gasteiger partial charge in [0, 0.05) is 55.9 Å². The van der Waals surface area contributed by atoms with Crippen LogP contribution in [0.25, 0.3) is 0 Å². The van der Waals surface area contributed by atoms with Crippen LogP contribution in [0.2, 0.25) is 0 Å². The molecule has 0 saturated carbocycles. The number of halogens is 1. The highest BCUT2D eigenvalue weighted by Crippen LogP contribution is 2.26. The second kappa shape index (κ2) is 7.34. The molecule has 0 aliphatic carbocycles. The van der Waals surface area contributed by atoms with Crippen molar-refractivity contribution in [1.29, 1.82) is 0 Å². The van der Waals surface area contributed by atoms with Crippen LogP contribution in [0, 0.1) is 11.7 Å². The third kappa shape index (κ3) is 3.77. The number of methoxy groups -OCH3 is 1. The fraction of sp³-hybridized carbons (Fsp3) is 0.529. The van der Waals surface area contributed by atoms with E-state index in [0.29, 0.717) is 5.92 Å². The van der Waals surface area contributed by atoms with Crippen molar-refractivity contribution < 1.29 is 9.13 Å². The summed E-state index contributed by atoms with van der Waals surface area (Å²) in [4.78, 5) is 9.10. The molecule has 1 aromatic carbocycles. The Balaban J connectivity index is 1.61. The molecule has 24 heavy (non-hydrogen) atoms. The Morgan fingerprint density at radius 3 is 2.54 bits per heavy atom. The third-order valence-corrected chi connectivity index (χ3v) is 4.91. The molecule has 0 amide bonds. The number of aromatic nitrogens is 2. The zero-order valence-corrected chi connectivity index (χ0v) is 15.1. The molecule has 0 unspecified atom stereocenters. The van der Waals surface area contributed by atoms with E-state index >= 15 is 0 Å². The van der Waals surface area contributed by atoms with Gasteiger partial charge in [0.1, 0.15) is 5.82 Å². The van der Waals surface area contributed by atoms with Gasteiger partial charge in [0.2, 0.25) is 5.13 Å². The molecule has 1 fully saturated rings. The van der Waals surface area contributed by atoms with Crippen LogP contribution in [0.15, 0.2) is 18.2 Å². The minimum absolute atomic E-state index is 0.281. The number of nitrogens with zero attached hydrogens (tertiary/aromatic N) is 4. The summed E-state index contributed by atoms with van der Waals surface area (Å²) in [5.74, 6) is 1.46. The van der Waals surface area contributed by atoms with Gasteiger partial charge in [-0.2, -0.15) is 4.37 Å². The van der Waals surface area contributed by atoms with Crippen LogP contribution in [0.5, 0.6) is 5.75 Å². The predicted molar refractivity (Wildman–Crippen MR) is 95.8 cm³/mol. The number of hydrogen-bond donors (Lipinski definition) is 0. The third-order valence-electron chi connectivity index (χ3n) is 4.10. The van der Waals surface area contributed by atoms with Crippen molar-refractivity contribution in [2.45, 2.75) is 20.3 Å². The summed E-state index contributed by atoms with van der Waals surface area (Å²) >= 11 is 1.47. The van der Waals surface area contributed by atoms with E-state index in [0.717, 1.165) is 49.2 Å². The van der Waals surface area contributed by atoms with Gasteiger partial charge in [0.15, 0.2) is 11.6 Å². The molecule has 7 heteroatoms. The average molecular weight is 350 g/mol. The van der Waals surface area contributed by atoms with E-state index in [4.69, 9.17) is 4.74 Å². The van der Waals surface area contributed by atoms with E-state index in [-0.39, 0.29) is 11.6 Å². The molecule has 5 nitrogen and oxygen atoms in total. The fourth-order valence-electron chi connectivity index (χ4n) is 2.83. The van der Waals surface area contributed by atoms with Gasteiger partial charge in [0.05, 0.1) is 7.11 Å². The van der Waals surface area contributed by atoms with Crippen molar-refractivity contribution in [3.05, 3.63) is 29.8 Å². The van der Waals surface area contributed by atoms with Crippen LogP contribution in [0.4, 0.5) is 15.2 Å². The summed E-state index contributed by atoms with van der Waals surface area (Å²) in [7, 11) is 1.48. The lowest BCUT2D eigenvalue weighted by atomic mass is 10.1. The topological polar surface area (TPSA) is 41.5 Å². The number of benzene rings is 1. The molecule has 2 aromatic rings. The minimum Gasteiger partial charge on any atom is -0.494 e. The second-order valence-corrected chi connectivity index (χ2v) is 7.11. The van der Waals surface area contributed by atoms with Crippen molar-refractivity contribution in [1.82, 2.24) is 9.36 Å². The largest absolute Gasteiger partial charge is 0.494 e. The lowest BCUT2D eigenvalue weighted by molar-refractivity contribution is 0.386. The predicted octanol–water partition coefficient (Wildman–Crippen LogP) is 3.21. The molecular formula is C17H23FN4OS. The molecule has 130 valence electrons. The Kier molecular flexibility index (Phi) is 5.18. The Morgan fingerprint density at radius 2 is 1.92 bits per heavy atom. The molecule has 1 saturated heterocycles. The van der Waals surface area contributed by atoms with Crippen molar-refractivity contribution in [2.75, 3.05) is 43.1 Å². The van der Waals surface area contributed by atoms with Crippen molar-refractivity contribution in [3.8, 4) is 5.75 Å². The van der Waals surface area contributed by atoms with Gasteiger partial charge < -0.3 is 14.5 Å². The Hall–Kier alpha value is -1.89. The normalized spacial score (nSPS) is 15.2. The van der Waals surface area contributed by atoms with E-state index < -0.39 is 0 Å². The van der Waals surface area contributed by atoms with E-state index in [1.165, 1.54) is 18.6 Å². The van der Waals surface area contributed by atoms with Crippen LogP contribution in [-0.2, 0) is 6.42 Å². The molecule has 0 atom stereocenters. The van der Waals surface area contributed by atoms with Gasteiger partial charge in [-0.15, -0.1) is 0 Å². The van der Waals surface area contributed by atoms with E-state index in [9.17, 15) is 4.39 Å². The lowest BCUT2D eigenvalue weighted by Crippen LogP contribution is -2.46. The molecular weight excluding hydrogens is 327 g/mol. The quantitative estimate of drug-likeness (QED) is 0.828. The van der Waals surface area contributed by atoms with E-state index in [2.05, 4.69) is 33.0 Å². The number of rotatable bonds is 5. The zero-order chi connectivity index (χ0) is 17.1. The van der Waals surface area contributed by atoms with Crippen LogP contribution in [-0.4, -0.2) is 42.6 Å². The van der Waals surface area contributed by atoms with Crippen molar-refractivity contribution >= 4 is 22.4 Å². The summed E-state index contributed by atoms with van der Waals surface area (Å²) < 4.78 is 23.3. The SMILES string of the molecule is COc1ccc(N2CCN(c3nc(CC(C)C)ns3)CC2)cc1F. The molecule has 0 spiro atoms. The molecule has 2 heterocycles. The smallest absolute Gasteiger partial charge is 0.205 e. The molecule has 1 aromatic heterocycles. The van der Waals surface area contributed by atoms with E-state index in [1.54, 1.807) is 12.1 Å². The van der Waals surface area contributed by atoms with Gasteiger partial charge in [-0.1, -0.05) is 13.8 Å². The fourth-order valence-corrected chi connectivity index (χ4v) is 3.58. The monoisotopic (exact) mass is 350 g/mol. The molecule has 3 rings (SSSR count). The first-order chi connectivity index (χ1) is 11.6. The highest BCUT2D eigenvalue weighted by atomic mass is 32.1. The lowest BCUT2D eigenvalue weighted by Gasteiger charge is -2.35. The Bertz CT molecular complexity index is 683. The molecule has 0 bridgehead atoms. The Morgan fingerprint density at radius 1 is 1.21 bits per heavy atom. The number of piperazine rings is 1. The first kappa shape index (κ1) is 17.0. The van der Waals surface area contributed by atoms with Crippen LogP contribution >= 0.6 is 11.5 Å².